The molecule has 5 nitrogen and oxygen atoms in total. The molecule has 0 unspecified atom stereocenters. The molecular weight excluding hydrogens is 364 g/mol. The molecular formula is C24H22N2O3. The Bertz CT molecular complexity index is 1110. The summed E-state index contributed by atoms with van der Waals surface area (Å²) in [7, 11) is 0. The molecule has 0 atom stereocenters. The third-order valence-corrected chi connectivity index (χ3v) is 4.95. The Hall–Kier alpha value is -3.60. The number of imidazole rings is 1. The van der Waals surface area contributed by atoms with Gasteiger partial charge in [0.05, 0.1) is 17.6 Å². The Kier molecular flexibility index (Phi) is 5.56. The predicted molar refractivity (Wildman–Crippen MR) is 113 cm³/mol. The SMILES string of the molecule is O=C(OCCCn1c(=O)[nH]c2ccccc21)C(c1ccccc1)c1ccccc1. The highest BCUT2D eigenvalue weighted by Crippen LogP contribution is 2.26. The highest BCUT2D eigenvalue weighted by Gasteiger charge is 2.23. The minimum Gasteiger partial charge on any atom is -0.465 e. The summed E-state index contributed by atoms with van der Waals surface area (Å²) in [4.78, 5) is 27.9. The molecule has 146 valence electrons. The summed E-state index contributed by atoms with van der Waals surface area (Å²) in [6.45, 7) is 0.735. The van der Waals surface area contributed by atoms with Gasteiger partial charge in [-0.05, 0) is 29.7 Å². The Morgan fingerprint density at radius 2 is 1.45 bits per heavy atom. The van der Waals surface area contributed by atoms with Crippen molar-refractivity contribution in [2.24, 2.45) is 0 Å². The molecule has 1 N–H and O–H groups in total. The second-order valence-electron chi connectivity index (χ2n) is 6.87. The number of aryl methyl sites for hydroxylation is 1. The van der Waals surface area contributed by atoms with Crippen molar-refractivity contribution >= 4 is 17.0 Å². The fourth-order valence-electron chi connectivity index (χ4n) is 3.56. The third kappa shape index (κ3) is 4.14. The number of nitrogens with zero attached hydrogens (tertiary/aromatic N) is 1. The number of fused-ring (bicyclic) bond motifs is 1. The molecule has 0 bridgehead atoms. The van der Waals surface area contributed by atoms with Crippen molar-refractivity contribution < 1.29 is 9.53 Å². The Morgan fingerprint density at radius 3 is 2.10 bits per heavy atom. The molecule has 0 spiro atoms. The zero-order valence-corrected chi connectivity index (χ0v) is 16.0. The molecule has 0 radical (unpaired) electrons. The van der Waals surface area contributed by atoms with Gasteiger partial charge in [0.1, 0.15) is 5.92 Å². The Labute approximate surface area is 168 Å². The molecule has 1 aromatic heterocycles. The van der Waals surface area contributed by atoms with Crippen molar-refractivity contribution in [3.63, 3.8) is 0 Å². The summed E-state index contributed by atoms with van der Waals surface area (Å²) in [5, 5.41) is 0. The van der Waals surface area contributed by atoms with E-state index in [0.29, 0.717) is 13.0 Å². The molecule has 0 aliphatic rings. The number of ether oxygens (including phenoxy) is 1. The fourth-order valence-corrected chi connectivity index (χ4v) is 3.56. The van der Waals surface area contributed by atoms with Gasteiger partial charge in [0.25, 0.3) is 0 Å². The molecule has 1 heterocycles. The van der Waals surface area contributed by atoms with Gasteiger partial charge in [-0.15, -0.1) is 0 Å². The van der Waals surface area contributed by atoms with Crippen LogP contribution in [0.5, 0.6) is 0 Å². The maximum atomic E-state index is 12.9. The zero-order valence-electron chi connectivity index (χ0n) is 16.0. The predicted octanol–water partition coefficient (Wildman–Crippen LogP) is 4.10. The van der Waals surface area contributed by atoms with Gasteiger partial charge in [-0.1, -0.05) is 72.8 Å². The first-order chi connectivity index (χ1) is 14.2. The maximum absolute atomic E-state index is 12.9. The lowest BCUT2D eigenvalue weighted by atomic mass is 9.91. The van der Waals surface area contributed by atoms with Crippen LogP contribution in [0.25, 0.3) is 11.0 Å². The summed E-state index contributed by atoms with van der Waals surface area (Å²) < 4.78 is 7.27. The molecule has 5 heteroatoms. The van der Waals surface area contributed by atoms with Crippen LogP contribution in [-0.4, -0.2) is 22.1 Å². The van der Waals surface area contributed by atoms with Crippen LogP contribution in [0.15, 0.2) is 89.7 Å². The molecule has 4 rings (SSSR count). The molecule has 0 saturated heterocycles. The summed E-state index contributed by atoms with van der Waals surface area (Å²) in [6.07, 6.45) is 0.559. The van der Waals surface area contributed by atoms with Crippen LogP contribution in [0.3, 0.4) is 0 Å². The van der Waals surface area contributed by atoms with Gasteiger partial charge in [-0.25, -0.2) is 4.79 Å². The van der Waals surface area contributed by atoms with E-state index in [0.717, 1.165) is 22.2 Å². The Morgan fingerprint density at radius 1 is 0.862 bits per heavy atom. The summed E-state index contributed by atoms with van der Waals surface area (Å²) >= 11 is 0. The number of hydrogen-bond acceptors (Lipinski definition) is 3. The van der Waals surface area contributed by atoms with Crippen LogP contribution in [0.4, 0.5) is 0 Å². The number of carbonyl (C=O) groups excluding carboxylic acids is 1. The van der Waals surface area contributed by atoms with Crippen molar-refractivity contribution in [2.75, 3.05) is 6.61 Å². The highest BCUT2D eigenvalue weighted by atomic mass is 16.5. The second-order valence-corrected chi connectivity index (χ2v) is 6.87. The number of esters is 1. The van der Waals surface area contributed by atoms with Crippen molar-refractivity contribution in [1.29, 1.82) is 0 Å². The lowest BCUT2D eigenvalue weighted by molar-refractivity contribution is -0.144. The quantitative estimate of drug-likeness (QED) is 0.384. The number of rotatable bonds is 7. The van der Waals surface area contributed by atoms with Gasteiger partial charge in [0, 0.05) is 6.54 Å². The van der Waals surface area contributed by atoms with Crippen LogP contribution in [0.1, 0.15) is 23.5 Å². The average Bonchev–Trinajstić information content (AvgIpc) is 3.08. The first kappa shape index (κ1) is 18.7. The third-order valence-electron chi connectivity index (χ3n) is 4.95. The van der Waals surface area contributed by atoms with Crippen LogP contribution >= 0.6 is 0 Å². The minimum atomic E-state index is -0.465. The number of benzene rings is 3. The van der Waals surface area contributed by atoms with E-state index in [4.69, 9.17) is 4.74 Å². The van der Waals surface area contributed by atoms with E-state index >= 15 is 0 Å². The van der Waals surface area contributed by atoms with Crippen molar-refractivity contribution in [3.05, 3.63) is 107 Å². The number of hydrogen-bond donors (Lipinski definition) is 1. The highest BCUT2D eigenvalue weighted by molar-refractivity contribution is 5.82. The summed E-state index contributed by atoms with van der Waals surface area (Å²) in [5.74, 6) is -0.748. The number of carbonyl (C=O) groups is 1. The number of H-pyrrole nitrogens is 1. The second kappa shape index (κ2) is 8.61. The topological polar surface area (TPSA) is 64.1 Å². The van der Waals surface area contributed by atoms with E-state index in [1.807, 2.05) is 84.9 Å². The van der Waals surface area contributed by atoms with Crippen LogP contribution in [-0.2, 0) is 16.1 Å². The van der Waals surface area contributed by atoms with E-state index in [1.165, 1.54) is 0 Å². The summed E-state index contributed by atoms with van der Waals surface area (Å²) in [5.41, 5.74) is 3.31. The smallest absolute Gasteiger partial charge is 0.326 e. The molecule has 0 fully saturated rings. The zero-order chi connectivity index (χ0) is 20.1. The van der Waals surface area contributed by atoms with E-state index in [1.54, 1.807) is 4.57 Å². The summed E-state index contributed by atoms with van der Waals surface area (Å²) in [6, 6.07) is 26.8. The van der Waals surface area contributed by atoms with E-state index in [9.17, 15) is 9.59 Å². The molecule has 0 aliphatic heterocycles. The van der Waals surface area contributed by atoms with Gasteiger partial charge in [-0.2, -0.15) is 0 Å². The van der Waals surface area contributed by atoms with Gasteiger partial charge >= 0.3 is 11.7 Å². The molecule has 3 aromatic carbocycles. The number of para-hydroxylation sites is 2. The molecule has 0 aliphatic carbocycles. The van der Waals surface area contributed by atoms with Crippen molar-refractivity contribution in [3.8, 4) is 0 Å². The number of aromatic amines is 1. The minimum absolute atomic E-state index is 0.149. The number of aromatic nitrogens is 2. The van der Waals surface area contributed by atoms with Gasteiger partial charge in [-0.3, -0.25) is 9.36 Å². The molecule has 0 amide bonds. The van der Waals surface area contributed by atoms with Crippen molar-refractivity contribution in [2.45, 2.75) is 18.9 Å². The van der Waals surface area contributed by atoms with Gasteiger partial charge in [0.15, 0.2) is 0 Å². The first-order valence-corrected chi connectivity index (χ1v) is 9.68. The molecule has 29 heavy (non-hydrogen) atoms. The van der Waals surface area contributed by atoms with E-state index in [2.05, 4.69) is 4.98 Å². The van der Waals surface area contributed by atoms with Crippen molar-refractivity contribution in [1.82, 2.24) is 9.55 Å². The van der Waals surface area contributed by atoms with E-state index < -0.39 is 5.92 Å². The Balaban J connectivity index is 1.43. The lowest BCUT2D eigenvalue weighted by Gasteiger charge is -2.17. The largest absolute Gasteiger partial charge is 0.465 e. The maximum Gasteiger partial charge on any atom is 0.326 e. The van der Waals surface area contributed by atoms with Crippen LogP contribution in [0.2, 0.25) is 0 Å². The van der Waals surface area contributed by atoms with Gasteiger partial charge in [0.2, 0.25) is 0 Å². The molecule has 4 aromatic rings. The first-order valence-electron chi connectivity index (χ1n) is 9.68. The monoisotopic (exact) mass is 386 g/mol. The van der Waals surface area contributed by atoms with Gasteiger partial charge < -0.3 is 9.72 Å². The fraction of sp³-hybridized carbons (Fsp3) is 0.167. The van der Waals surface area contributed by atoms with Crippen LogP contribution < -0.4 is 5.69 Å². The standard InChI is InChI=1S/C24H22N2O3/c27-23(22(18-10-3-1-4-11-18)19-12-5-2-6-13-19)29-17-9-16-26-21-15-8-7-14-20(21)25-24(26)28/h1-8,10-15,22H,9,16-17H2,(H,25,28). The lowest BCUT2D eigenvalue weighted by Crippen LogP contribution is -2.20. The average molecular weight is 386 g/mol. The van der Waals surface area contributed by atoms with Crippen LogP contribution in [0, 0.1) is 0 Å². The normalized spacial score (nSPS) is 11.1. The van der Waals surface area contributed by atoms with E-state index in [-0.39, 0.29) is 18.3 Å². The number of nitrogens with one attached hydrogen (secondary N) is 1. The molecule has 0 saturated carbocycles.